The smallest absolute Gasteiger partial charge is 0.440 e. The number of aromatic nitrogens is 3. The molecule has 48 heavy (non-hydrogen) atoms. The molecule has 0 spiro atoms. The maximum atomic E-state index is 16.2. The van der Waals surface area contributed by atoms with Crippen LogP contribution >= 0.6 is 0 Å². The third kappa shape index (κ3) is 7.91. The molecule has 2 aromatic carbocycles. The molecule has 1 saturated heterocycles. The zero-order valence-electron chi connectivity index (χ0n) is 25.0. The second kappa shape index (κ2) is 15.1. The molecule has 0 saturated carbocycles. The Morgan fingerprint density at radius 2 is 1.48 bits per heavy atom. The predicted octanol–water partition coefficient (Wildman–Crippen LogP) is 2.85. The van der Waals surface area contributed by atoms with E-state index in [-0.39, 0.29) is 18.8 Å². The number of carbonyl (C=O) groups excluding carboxylic acids is 3. The summed E-state index contributed by atoms with van der Waals surface area (Å²) in [7, 11) is 0. The first kappa shape index (κ1) is 33.5. The fourth-order valence-electron chi connectivity index (χ4n) is 4.60. The van der Waals surface area contributed by atoms with Crippen molar-refractivity contribution in [3.05, 3.63) is 135 Å². The molecule has 3 heterocycles. The van der Waals surface area contributed by atoms with E-state index in [0.717, 1.165) is 12.3 Å². The number of nitrogens with zero attached hydrogens (tertiary/aromatic N) is 3. The lowest BCUT2D eigenvalue weighted by Gasteiger charge is -2.25. The SMILES string of the molecule is O=C(OCc1ccccc1)O[C@H]1[C@H](n2ccc(=O)n(COC(=O)c3cccnc3)c2=O)O[C@](F)(CO)[C@H]1OC(=O)OCc1ccccc1. The first-order valence-electron chi connectivity index (χ1n) is 14.3. The highest BCUT2D eigenvalue weighted by Crippen LogP contribution is 2.41. The van der Waals surface area contributed by atoms with Gasteiger partial charge in [-0.15, -0.1) is 0 Å². The Hall–Kier alpha value is -5.87. The molecule has 15 nitrogen and oxygen atoms in total. The minimum Gasteiger partial charge on any atom is -0.440 e. The van der Waals surface area contributed by atoms with Crippen molar-refractivity contribution < 1.29 is 52.3 Å². The van der Waals surface area contributed by atoms with E-state index in [1.165, 1.54) is 24.5 Å². The lowest BCUT2D eigenvalue weighted by molar-refractivity contribution is -0.210. The molecule has 4 aromatic rings. The monoisotopic (exact) mass is 665 g/mol. The van der Waals surface area contributed by atoms with Crippen LogP contribution in [0.4, 0.5) is 14.0 Å². The first-order valence-corrected chi connectivity index (χ1v) is 14.3. The third-order valence-corrected chi connectivity index (χ3v) is 6.98. The normalized spacial score (nSPS) is 20.0. The number of carbonyl (C=O) groups is 3. The summed E-state index contributed by atoms with van der Waals surface area (Å²) in [4.78, 5) is 67.9. The number of benzene rings is 2. The van der Waals surface area contributed by atoms with Crippen molar-refractivity contribution in [2.75, 3.05) is 6.61 Å². The molecule has 0 bridgehead atoms. The van der Waals surface area contributed by atoms with Crippen LogP contribution in [0.25, 0.3) is 0 Å². The number of alkyl halides is 1. The Labute approximate surface area is 270 Å². The van der Waals surface area contributed by atoms with Crippen molar-refractivity contribution in [3.8, 4) is 0 Å². The van der Waals surface area contributed by atoms with E-state index in [1.807, 2.05) is 0 Å². The molecular formula is C32H28FN3O12. The maximum absolute atomic E-state index is 16.2. The summed E-state index contributed by atoms with van der Waals surface area (Å²) in [6.07, 6.45) is -5.42. The molecule has 0 radical (unpaired) electrons. The van der Waals surface area contributed by atoms with Gasteiger partial charge in [-0.05, 0) is 23.3 Å². The van der Waals surface area contributed by atoms with E-state index in [4.69, 9.17) is 28.4 Å². The van der Waals surface area contributed by atoms with Crippen LogP contribution in [0, 0.1) is 0 Å². The zero-order valence-corrected chi connectivity index (χ0v) is 25.0. The van der Waals surface area contributed by atoms with Crippen molar-refractivity contribution in [2.24, 2.45) is 0 Å². The van der Waals surface area contributed by atoms with Gasteiger partial charge in [-0.1, -0.05) is 60.7 Å². The fraction of sp³-hybridized carbons (Fsp3) is 0.250. The summed E-state index contributed by atoms with van der Waals surface area (Å²) in [5.74, 6) is -4.16. The number of pyridine rings is 1. The quantitative estimate of drug-likeness (QED) is 0.182. The number of aliphatic hydroxyl groups excluding tert-OH is 1. The van der Waals surface area contributed by atoms with Crippen molar-refractivity contribution in [1.82, 2.24) is 14.1 Å². The summed E-state index contributed by atoms with van der Waals surface area (Å²) in [5.41, 5.74) is -0.943. The summed E-state index contributed by atoms with van der Waals surface area (Å²) in [5, 5.41) is 10.00. The first-order chi connectivity index (χ1) is 23.2. The number of esters is 1. The number of halogens is 1. The van der Waals surface area contributed by atoms with Crippen molar-refractivity contribution in [2.45, 2.75) is 44.2 Å². The molecule has 250 valence electrons. The van der Waals surface area contributed by atoms with E-state index in [9.17, 15) is 29.1 Å². The highest BCUT2D eigenvalue weighted by atomic mass is 19.2. The summed E-state index contributed by atoms with van der Waals surface area (Å²) in [6.45, 7) is -2.86. The van der Waals surface area contributed by atoms with E-state index < -0.39 is 67.2 Å². The van der Waals surface area contributed by atoms with Gasteiger partial charge in [0.25, 0.3) is 11.4 Å². The van der Waals surface area contributed by atoms with Gasteiger partial charge in [0, 0.05) is 24.7 Å². The summed E-state index contributed by atoms with van der Waals surface area (Å²) < 4.78 is 48.5. The topological polar surface area (TPSA) is 184 Å². The molecule has 1 aliphatic rings. The van der Waals surface area contributed by atoms with Gasteiger partial charge in [0.2, 0.25) is 6.10 Å². The minimum atomic E-state index is -3.26. The standard InChI is InChI=1S/C32H28FN3O12/c33-32(19-37)26(47-31(42)44-18-22-10-5-2-6-11-22)25(46-30(41)43-17-21-8-3-1-4-9-21)27(48-32)35-15-13-24(38)36(29(35)40)20-45-28(39)23-12-7-14-34-16-23/h1-16,25-27,37H,17-20H2/t25-,26+,27-,32-/m1/s1. The zero-order chi connectivity index (χ0) is 34.1. The van der Waals surface area contributed by atoms with Crippen LogP contribution in [0.5, 0.6) is 0 Å². The molecule has 0 unspecified atom stereocenters. The van der Waals surface area contributed by atoms with E-state index in [1.54, 1.807) is 60.7 Å². The summed E-state index contributed by atoms with van der Waals surface area (Å²) in [6, 6.07) is 20.6. The Balaban J connectivity index is 1.42. The molecule has 4 atom stereocenters. The molecule has 1 fully saturated rings. The van der Waals surface area contributed by atoms with Crippen LogP contribution in [0.15, 0.2) is 107 Å². The van der Waals surface area contributed by atoms with Crippen LogP contribution in [-0.2, 0) is 48.4 Å². The number of aliphatic hydroxyl groups is 1. The molecule has 1 N–H and O–H groups in total. The highest BCUT2D eigenvalue weighted by Gasteiger charge is 2.62. The Bertz CT molecular complexity index is 1840. The van der Waals surface area contributed by atoms with Crippen molar-refractivity contribution in [3.63, 3.8) is 0 Å². The van der Waals surface area contributed by atoms with Gasteiger partial charge in [0.1, 0.15) is 19.8 Å². The number of ether oxygens (including phenoxy) is 6. The number of hydrogen-bond donors (Lipinski definition) is 1. The maximum Gasteiger partial charge on any atom is 0.509 e. The van der Waals surface area contributed by atoms with Gasteiger partial charge in [-0.2, -0.15) is 0 Å². The molecule has 5 rings (SSSR count). The molecule has 0 aliphatic carbocycles. The van der Waals surface area contributed by atoms with Gasteiger partial charge < -0.3 is 33.5 Å². The largest absolute Gasteiger partial charge is 0.509 e. The Morgan fingerprint density at radius 3 is 2.06 bits per heavy atom. The van der Waals surface area contributed by atoms with Crippen LogP contribution in [-0.4, -0.2) is 62.2 Å². The van der Waals surface area contributed by atoms with E-state index in [0.29, 0.717) is 20.3 Å². The van der Waals surface area contributed by atoms with E-state index >= 15 is 4.39 Å². The van der Waals surface area contributed by atoms with Crippen LogP contribution in [0.3, 0.4) is 0 Å². The van der Waals surface area contributed by atoms with Crippen LogP contribution in [0.1, 0.15) is 27.7 Å². The summed E-state index contributed by atoms with van der Waals surface area (Å²) >= 11 is 0. The Kier molecular flexibility index (Phi) is 10.6. The average Bonchev–Trinajstić information content (AvgIpc) is 3.37. The van der Waals surface area contributed by atoms with Crippen LogP contribution in [0.2, 0.25) is 0 Å². The lowest BCUT2D eigenvalue weighted by Crippen LogP contribution is -2.47. The number of hydrogen-bond acceptors (Lipinski definition) is 13. The van der Waals surface area contributed by atoms with Crippen molar-refractivity contribution >= 4 is 18.3 Å². The van der Waals surface area contributed by atoms with Gasteiger partial charge in [-0.25, -0.2) is 28.1 Å². The fourth-order valence-corrected chi connectivity index (χ4v) is 4.60. The van der Waals surface area contributed by atoms with Gasteiger partial charge in [0.05, 0.1) is 5.56 Å². The highest BCUT2D eigenvalue weighted by molar-refractivity contribution is 5.88. The third-order valence-electron chi connectivity index (χ3n) is 6.98. The van der Waals surface area contributed by atoms with Gasteiger partial charge in [-0.3, -0.25) is 14.3 Å². The lowest BCUT2D eigenvalue weighted by atomic mass is 10.1. The Morgan fingerprint density at radius 1 is 0.854 bits per heavy atom. The van der Waals surface area contributed by atoms with Crippen molar-refractivity contribution in [1.29, 1.82) is 0 Å². The molecule has 2 aromatic heterocycles. The van der Waals surface area contributed by atoms with Gasteiger partial charge >= 0.3 is 24.0 Å². The molecule has 0 amide bonds. The number of rotatable bonds is 11. The van der Waals surface area contributed by atoms with Crippen LogP contribution < -0.4 is 11.2 Å². The second-order valence-electron chi connectivity index (χ2n) is 10.2. The molecular weight excluding hydrogens is 637 g/mol. The minimum absolute atomic E-state index is 0.0349. The van der Waals surface area contributed by atoms with E-state index in [2.05, 4.69) is 4.98 Å². The average molecular weight is 666 g/mol. The molecule has 16 heteroatoms. The van der Waals surface area contributed by atoms with Gasteiger partial charge in [0.15, 0.2) is 19.1 Å². The predicted molar refractivity (Wildman–Crippen MR) is 159 cm³/mol. The molecule has 1 aliphatic heterocycles. The second-order valence-corrected chi connectivity index (χ2v) is 10.2.